The number of nitrogens with zero attached hydrogens (tertiary/aromatic N) is 3. The number of carbonyl (C=O) groups is 1. The molecule has 0 spiro atoms. The monoisotopic (exact) mass is 366 g/mol. The molecule has 0 aliphatic rings. The lowest BCUT2D eigenvalue weighted by Crippen LogP contribution is -2.26. The predicted octanol–water partition coefficient (Wildman–Crippen LogP) is 2.92. The summed E-state index contributed by atoms with van der Waals surface area (Å²) in [4.78, 5) is 24.8. The summed E-state index contributed by atoms with van der Waals surface area (Å²) in [7, 11) is 0. The van der Waals surface area contributed by atoms with E-state index >= 15 is 0 Å². The maximum absolute atomic E-state index is 12.4. The summed E-state index contributed by atoms with van der Waals surface area (Å²) in [6.45, 7) is 4.72. The molecule has 27 heavy (non-hydrogen) atoms. The fourth-order valence-corrected chi connectivity index (χ4v) is 2.65. The first-order valence-electron chi connectivity index (χ1n) is 8.94. The van der Waals surface area contributed by atoms with E-state index in [1.165, 1.54) is 4.68 Å². The first-order valence-corrected chi connectivity index (χ1v) is 8.94. The molecule has 0 aliphatic heterocycles. The number of anilines is 1. The second-order valence-corrected chi connectivity index (χ2v) is 6.28. The van der Waals surface area contributed by atoms with Crippen LogP contribution in [0.25, 0.3) is 10.9 Å². The van der Waals surface area contributed by atoms with Gasteiger partial charge in [0, 0.05) is 6.42 Å². The predicted molar refractivity (Wildman–Crippen MR) is 104 cm³/mol. The molecule has 3 aromatic rings. The van der Waals surface area contributed by atoms with E-state index in [-0.39, 0.29) is 24.4 Å². The summed E-state index contributed by atoms with van der Waals surface area (Å²) in [5, 5.41) is 11.3. The molecule has 0 bridgehead atoms. The molecule has 0 radical (unpaired) electrons. The van der Waals surface area contributed by atoms with Crippen LogP contribution in [0.1, 0.15) is 25.3 Å². The van der Waals surface area contributed by atoms with Crippen molar-refractivity contribution in [2.45, 2.75) is 33.2 Å². The van der Waals surface area contributed by atoms with Crippen LogP contribution in [0.4, 0.5) is 5.69 Å². The number of aromatic nitrogens is 3. The Bertz CT molecular complexity index is 1010. The third-order valence-corrected chi connectivity index (χ3v) is 4.05. The van der Waals surface area contributed by atoms with Crippen LogP contribution in [0.2, 0.25) is 0 Å². The van der Waals surface area contributed by atoms with Gasteiger partial charge in [0.2, 0.25) is 5.91 Å². The number of amides is 1. The summed E-state index contributed by atoms with van der Waals surface area (Å²) in [6.07, 6.45) is 0.985. The minimum absolute atomic E-state index is 0.105. The van der Waals surface area contributed by atoms with Crippen molar-refractivity contribution in [2.75, 3.05) is 11.9 Å². The molecule has 3 rings (SSSR count). The van der Waals surface area contributed by atoms with Crippen LogP contribution >= 0.6 is 0 Å². The van der Waals surface area contributed by atoms with Crippen LogP contribution < -0.4 is 15.6 Å². The van der Waals surface area contributed by atoms with Gasteiger partial charge in [-0.25, -0.2) is 4.68 Å². The standard InChI is InChI=1S/C20H22N4O3/c1-3-12-27-18-13-14(2)8-9-17(18)21-19(25)10-11-24-20(26)15-6-4-5-7-16(15)22-23-24/h4-9,13H,3,10-12H2,1-2H3,(H,21,25). The largest absolute Gasteiger partial charge is 0.491 e. The Kier molecular flexibility index (Phi) is 5.80. The van der Waals surface area contributed by atoms with Gasteiger partial charge in [0.15, 0.2) is 0 Å². The van der Waals surface area contributed by atoms with Gasteiger partial charge in [-0.15, -0.1) is 5.10 Å². The molecule has 1 N–H and O–H groups in total. The highest BCUT2D eigenvalue weighted by atomic mass is 16.5. The molecule has 0 atom stereocenters. The van der Waals surface area contributed by atoms with Gasteiger partial charge in [-0.3, -0.25) is 9.59 Å². The van der Waals surface area contributed by atoms with Gasteiger partial charge in [-0.2, -0.15) is 0 Å². The number of ether oxygens (including phenoxy) is 1. The number of aryl methyl sites for hydroxylation is 2. The fraction of sp³-hybridized carbons (Fsp3) is 0.300. The maximum atomic E-state index is 12.4. The van der Waals surface area contributed by atoms with Crippen LogP contribution in [-0.2, 0) is 11.3 Å². The molecule has 1 aromatic heterocycles. The lowest BCUT2D eigenvalue weighted by atomic mass is 10.2. The Morgan fingerprint density at radius 2 is 2.04 bits per heavy atom. The zero-order chi connectivity index (χ0) is 19.2. The molecule has 140 valence electrons. The molecule has 7 heteroatoms. The van der Waals surface area contributed by atoms with Crippen molar-refractivity contribution in [3.63, 3.8) is 0 Å². The first-order chi connectivity index (χ1) is 13.1. The molecule has 0 saturated carbocycles. The van der Waals surface area contributed by atoms with Crippen LogP contribution in [0.15, 0.2) is 47.3 Å². The van der Waals surface area contributed by atoms with E-state index in [0.717, 1.165) is 12.0 Å². The lowest BCUT2D eigenvalue weighted by Gasteiger charge is -2.13. The van der Waals surface area contributed by atoms with Gasteiger partial charge in [-0.1, -0.05) is 30.3 Å². The van der Waals surface area contributed by atoms with Crippen LogP contribution in [0, 0.1) is 6.92 Å². The molecule has 2 aromatic carbocycles. The lowest BCUT2D eigenvalue weighted by molar-refractivity contribution is -0.116. The number of rotatable bonds is 7. The van der Waals surface area contributed by atoms with E-state index in [9.17, 15) is 9.59 Å². The highest BCUT2D eigenvalue weighted by molar-refractivity contribution is 5.92. The van der Waals surface area contributed by atoms with Crippen molar-refractivity contribution < 1.29 is 9.53 Å². The van der Waals surface area contributed by atoms with Gasteiger partial charge in [0.05, 0.1) is 24.2 Å². The second kappa shape index (κ2) is 8.44. The van der Waals surface area contributed by atoms with Crippen molar-refractivity contribution >= 4 is 22.5 Å². The van der Waals surface area contributed by atoms with E-state index in [0.29, 0.717) is 28.9 Å². The highest BCUT2D eigenvalue weighted by Gasteiger charge is 2.11. The second-order valence-electron chi connectivity index (χ2n) is 6.28. The zero-order valence-corrected chi connectivity index (χ0v) is 15.4. The summed E-state index contributed by atoms with van der Waals surface area (Å²) < 4.78 is 6.92. The van der Waals surface area contributed by atoms with E-state index in [2.05, 4.69) is 15.6 Å². The van der Waals surface area contributed by atoms with Crippen LogP contribution in [-0.4, -0.2) is 27.5 Å². The van der Waals surface area contributed by atoms with E-state index in [1.54, 1.807) is 24.3 Å². The van der Waals surface area contributed by atoms with E-state index in [4.69, 9.17) is 4.74 Å². The molecule has 1 amide bonds. The molecule has 7 nitrogen and oxygen atoms in total. The number of benzene rings is 2. The quantitative estimate of drug-likeness (QED) is 0.695. The molecular formula is C20H22N4O3. The van der Waals surface area contributed by atoms with Crippen molar-refractivity contribution in [1.82, 2.24) is 15.0 Å². The number of fused-ring (bicyclic) bond motifs is 1. The first kappa shape index (κ1) is 18.6. The van der Waals surface area contributed by atoms with Gasteiger partial charge in [0.25, 0.3) is 5.56 Å². The number of nitrogens with one attached hydrogen (secondary N) is 1. The number of hydrogen-bond acceptors (Lipinski definition) is 5. The van der Waals surface area contributed by atoms with Crippen LogP contribution in [0.5, 0.6) is 5.75 Å². The SMILES string of the molecule is CCCOc1cc(C)ccc1NC(=O)CCn1nnc2ccccc2c1=O. The van der Waals surface area contributed by atoms with Crippen molar-refractivity contribution in [3.05, 3.63) is 58.4 Å². The average Bonchev–Trinajstić information content (AvgIpc) is 2.68. The molecule has 1 heterocycles. The Morgan fingerprint density at radius 3 is 2.85 bits per heavy atom. The summed E-state index contributed by atoms with van der Waals surface area (Å²) >= 11 is 0. The van der Waals surface area contributed by atoms with Gasteiger partial charge >= 0.3 is 0 Å². The summed E-state index contributed by atoms with van der Waals surface area (Å²) in [5.41, 5.74) is 1.96. The Balaban J connectivity index is 1.69. The van der Waals surface area contributed by atoms with Gasteiger partial charge in [-0.05, 0) is 43.2 Å². The highest BCUT2D eigenvalue weighted by Crippen LogP contribution is 2.26. The summed E-state index contributed by atoms with van der Waals surface area (Å²) in [5.74, 6) is 0.426. The molecular weight excluding hydrogens is 344 g/mol. The third-order valence-electron chi connectivity index (χ3n) is 4.05. The third kappa shape index (κ3) is 4.49. The zero-order valence-electron chi connectivity index (χ0n) is 15.4. The maximum Gasteiger partial charge on any atom is 0.277 e. The average molecular weight is 366 g/mol. The molecule has 0 aliphatic carbocycles. The van der Waals surface area contributed by atoms with Crippen molar-refractivity contribution in [2.24, 2.45) is 0 Å². The van der Waals surface area contributed by atoms with Crippen molar-refractivity contribution in [3.8, 4) is 5.75 Å². The smallest absolute Gasteiger partial charge is 0.277 e. The Hall–Kier alpha value is -3.22. The normalized spacial score (nSPS) is 10.7. The van der Waals surface area contributed by atoms with E-state index in [1.807, 2.05) is 32.0 Å². The van der Waals surface area contributed by atoms with Gasteiger partial charge in [0.1, 0.15) is 11.3 Å². The van der Waals surface area contributed by atoms with Crippen LogP contribution in [0.3, 0.4) is 0 Å². The topological polar surface area (TPSA) is 86.1 Å². The fourth-order valence-electron chi connectivity index (χ4n) is 2.65. The molecule has 0 saturated heterocycles. The van der Waals surface area contributed by atoms with Crippen molar-refractivity contribution in [1.29, 1.82) is 0 Å². The Morgan fingerprint density at radius 1 is 1.22 bits per heavy atom. The summed E-state index contributed by atoms with van der Waals surface area (Å²) in [6, 6.07) is 12.6. The minimum atomic E-state index is -0.254. The molecule has 0 unspecified atom stereocenters. The minimum Gasteiger partial charge on any atom is -0.491 e. The van der Waals surface area contributed by atoms with Gasteiger partial charge < -0.3 is 10.1 Å². The Labute approximate surface area is 157 Å². The molecule has 0 fully saturated rings. The number of hydrogen-bond donors (Lipinski definition) is 1. The number of carbonyl (C=O) groups excluding carboxylic acids is 1. The van der Waals surface area contributed by atoms with E-state index < -0.39 is 0 Å².